The standard InChI is InChI=1S/C15H19BrO2/c1-15(2,3)18-14(17)10-9-13(16)11-12-7-5-4-6-8-12/h4-8,11H,9-10H2,1-3H3/b13-11-. The largest absolute Gasteiger partial charge is 0.460 e. The first-order valence-corrected chi connectivity index (χ1v) is 6.79. The second-order valence-electron chi connectivity index (χ2n) is 5.09. The molecule has 0 saturated heterocycles. The molecule has 3 heteroatoms. The Kier molecular flexibility index (Phi) is 5.60. The first kappa shape index (κ1) is 15.0. The van der Waals surface area contributed by atoms with Crippen molar-refractivity contribution in [1.82, 2.24) is 0 Å². The second-order valence-corrected chi connectivity index (χ2v) is 6.11. The topological polar surface area (TPSA) is 26.3 Å². The molecule has 0 saturated carbocycles. The van der Waals surface area contributed by atoms with E-state index in [1.807, 2.05) is 57.2 Å². The van der Waals surface area contributed by atoms with Gasteiger partial charge in [-0.25, -0.2) is 0 Å². The average Bonchev–Trinajstić information content (AvgIpc) is 2.25. The molecule has 1 aromatic carbocycles. The lowest BCUT2D eigenvalue weighted by Crippen LogP contribution is -2.23. The maximum Gasteiger partial charge on any atom is 0.306 e. The quantitative estimate of drug-likeness (QED) is 0.763. The van der Waals surface area contributed by atoms with E-state index in [4.69, 9.17) is 4.74 Å². The molecular weight excluding hydrogens is 292 g/mol. The molecule has 0 bridgehead atoms. The predicted octanol–water partition coefficient (Wildman–Crippen LogP) is 4.54. The molecule has 0 fully saturated rings. The van der Waals surface area contributed by atoms with Gasteiger partial charge in [-0.05, 0) is 43.3 Å². The molecule has 0 heterocycles. The highest BCUT2D eigenvalue weighted by atomic mass is 79.9. The number of hydrogen-bond acceptors (Lipinski definition) is 2. The van der Waals surface area contributed by atoms with Crippen molar-refractivity contribution in [2.24, 2.45) is 0 Å². The molecule has 0 atom stereocenters. The molecule has 0 aliphatic carbocycles. The summed E-state index contributed by atoms with van der Waals surface area (Å²) in [6.45, 7) is 5.62. The molecule has 1 aromatic rings. The number of ether oxygens (including phenoxy) is 1. The monoisotopic (exact) mass is 310 g/mol. The number of carbonyl (C=O) groups is 1. The molecule has 1 rings (SSSR count). The molecule has 0 radical (unpaired) electrons. The first-order chi connectivity index (χ1) is 8.37. The van der Waals surface area contributed by atoms with Crippen molar-refractivity contribution in [3.05, 3.63) is 40.4 Å². The zero-order chi connectivity index (χ0) is 13.6. The van der Waals surface area contributed by atoms with E-state index in [-0.39, 0.29) is 5.97 Å². The summed E-state index contributed by atoms with van der Waals surface area (Å²) in [7, 11) is 0. The van der Waals surface area contributed by atoms with E-state index >= 15 is 0 Å². The van der Waals surface area contributed by atoms with Gasteiger partial charge < -0.3 is 4.74 Å². The summed E-state index contributed by atoms with van der Waals surface area (Å²) in [5.74, 6) is -0.166. The van der Waals surface area contributed by atoms with Crippen LogP contribution in [0.25, 0.3) is 6.08 Å². The number of rotatable bonds is 4. The third-order valence-corrected chi connectivity index (χ3v) is 2.74. The zero-order valence-corrected chi connectivity index (χ0v) is 12.7. The van der Waals surface area contributed by atoms with E-state index in [1.54, 1.807) is 0 Å². The van der Waals surface area contributed by atoms with Gasteiger partial charge in [-0.3, -0.25) is 4.79 Å². The lowest BCUT2D eigenvalue weighted by Gasteiger charge is -2.19. The van der Waals surface area contributed by atoms with Crippen molar-refractivity contribution in [2.75, 3.05) is 0 Å². The Hall–Kier alpha value is -1.09. The Labute approximate surface area is 117 Å². The van der Waals surface area contributed by atoms with Gasteiger partial charge >= 0.3 is 5.97 Å². The van der Waals surface area contributed by atoms with E-state index in [2.05, 4.69) is 15.9 Å². The number of allylic oxidation sites excluding steroid dienone is 1. The van der Waals surface area contributed by atoms with Gasteiger partial charge in [0.25, 0.3) is 0 Å². The van der Waals surface area contributed by atoms with Crippen molar-refractivity contribution in [2.45, 2.75) is 39.2 Å². The van der Waals surface area contributed by atoms with Gasteiger partial charge in [0.1, 0.15) is 5.60 Å². The van der Waals surface area contributed by atoms with Crippen LogP contribution in [0.2, 0.25) is 0 Å². The zero-order valence-electron chi connectivity index (χ0n) is 11.1. The molecule has 18 heavy (non-hydrogen) atoms. The van der Waals surface area contributed by atoms with Gasteiger partial charge in [-0.15, -0.1) is 0 Å². The fourth-order valence-corrected chi connectivity index (χ4v) is 1.88. The van der Waals surface area contributed by atoms with Crippen molar-refractivity contribution >= 4 is 28.0 Å². The van der Waals surface area contributed by atoms with Gasteiger partial charge in [0.15, 0.2) is 0 Å². The molecule has 0 N–H and O–H groups in total. The number of carbonyl (C=O) groups excluding carboxylic acids is 1. The molecule has 0 aromatic heterocycles. The highest BCUT2D eigenvalue weighted by molar-refractivity contribution is 9.11. The molecular formula is C15H19BrO2. The predicted molar refractivity (Wildman–Crippen MR) is 78.4 cm³/mol. The number of esters is 1. The van der Waals surface area contributed by atoms with Crippen LogP contribution < -0.4 is 0 Å². The molecule has 0 aliphatic rings. The molecule has 0 unspecified atom stereocenters. The van der Waals surface area contributed by atoms with Gasteiger partial charge in [0.05, 0.1) is 6.42 Å². The van der Waals surface area contributed by atoms with Crippen LogP contribution in [-0.4, -0.2) is 11.6 Å². The Morgan fingerprint density at radius 2 is 1.83 bits per heavy atom. The summed E-state index contributed by atoms with van der Waals surface area (Å²) in [5.41, 5.74) is 0.709. The summed E-state index contributed by atoms with van der Waals surface area (Å²) in [4.78, 5) is 11.5. The van der Waals surface area contributed by atoms with E-state index in [1.165, 1.54) is 0 Å². The Morgan fingerprint density at radius 1 is 1.22 bits per heavy atom. The second kappa shape index (κ2) is 6.74. The number of benzene rings is 1. The lowest BCUT2D eigenvalue weighted by molar-refractivity contribution is -0.154. The summed E-state index contributed by atoms with van der Waals surface area (Å²) < 4.78 is 6.25. The first-order valence-electron chi connectivity index (χ1n) is 6.00. The van der Waals surface area contributed by atoms with Crippen LogP contribution in [0, 0.1) is 0 Å². The Balaban J connectivity index is 2.44. The molecule has 98 valence electrons. The van der Waals surface area contributed by atoms with Crippen LogP contribution in [0.5, 0.6) is 0 Å². The van der Waals surface area contributed by atoms with Gasteiger partial charge in [-0.1, -0.05) is 46.3 Å². The van der Waals surface area contributed by atoms with Gasteiger partial charge in [0, 0.05) is 0 Å². The van der Waals surface area contributed by atoms with Crippen LogP contribution >= 0.6 is 15.9 Å². The summed E-state index contributed by atoms with van der Waals surface area (Å²) in [5, 5.41) is 0. The van der Waals surface area contributed by atoms with Crippen LogP contribution in [-0.2, 0) is 9.53 Å². The van der Waals surface area contributed by atoms with Crippen LogP contribution in [0.1, 0.15) is 39.2 Å². The lowest BCUT2D eigenvalue weighted by atomic mass is 10.1. The average molecular weight is 311 g/mol. The minimum absolute atomic E-state index is 0.166. The molecule has 0 spiro atoms. The third-order valence-electron chi connectivity index (χ3n) is 2.11. The van der Waals surface area contributed by atoms with Crippen molar-refractivity contribution in [1.29, 1.82) is 0 Å². The number of hydrogen-bond donors (Lipinski definition) is 0. The molecule has 0 amide bonds. The maximum absolute atomic E-state index is 11.5. The highest BCUT2D eigenvalue weighted by Gasteiger charge is 2.15. The van der Waals surface area contributed by atoms with Crippen molar-refractivity contribution in [3.63, 3.8) is 0 Å². The van der Waals surface area contributed by atoms with Gasteiger partial charge in [-0.2, -0.15) is 0 Å². The van der Waals surface area contributed by atoms with Crippen molar-refractivity contribution in [3.8, 4) is 0 Å². The van der Waals surface area contributed by atoms with E-state index in [0.717, 1.165) is 10.0 Å². The van der Waals surface area contributed by atoms with Crippen LogP contribution in [0.15, 0.2) is 34.8 Å². The van der Waals surface area contributed by atoms with E-state index in [9.17, 15) is 4.79 Å². The maximum atomic E-state index is 11.5. The summed E-state index contributed by atoms with van der Waals surface area (Å²) >= 11 is 3.48. The minimum atomic E-state index is -0.410. The highest BCUT2D eigenvalue weighted by Crippen LogP contribution is 2.19. The fourth-order valence-electron chi connectivity index (χ4n) is 1.42. The van der Waals surface area contributed by atoms with Crippen LogP contribution in [0.4, 0.5) is 0 Å². The number of halogens is 1. The van der Waals surface area contributed by atoms with Crippen molar-refractivity contribution < 1.29 is 9.53 Å². The van der Waals surface area contributed by atoms with Gasteiger partial charge in [0.2, 0.25) is 0 Å². The molecule has 2 nitrogen and oxygen atoms in total. The SMILES string of the molecule is CC(C)(C)OC(=O)CC/C(Br)=C/c1ccccc1. The fraction of sp³-hybridized carbons (Fsp3) is 0.400. The van der Waals surface area contributed by atoms with E-state index < -0.39 is 5.60 Å². The summed E-state index contributed by atoms with van der Waals surface area (Å²) in [6.07, 6.45) is 3.06. The minimum Gasteiger partial charge on any atom is -0.460 e. The Bertz CT molecular complexity index is 416. The molecule has 0 aliphatic heterocycles. The smallest absolute Gasteiger partial charge is 0.306 e. The van der Waals surface area contributed by atoms with Crippen LogP contribution in [0.3, 0.4) is 0 Å². The Morgan fingerprint density at radius 3 is 2.39 bits per heavy atom. The summed E-state index contributed by atoms with van der Waals surface area (Å²) in [6, 6.07) is 10.00. The third kappa shape index (κ3) is 6.60. The van der Waals surface area contributed by atoms with E-state index in [0.29, 0.717) is 12.8 Å². The normalized spacial score (nSPS) is 12.3.